The minimum atomic E-state index is -1.09. The monoisotopic (exact) mass is 391 g/mol. The molecule has 0 unspecified atom stereocenters. The van der Waals surface area contributed by atoms with E-state index in [0.717, 1.165) is 17.5 Å². The number of carbonyl (C=O) groups excluding carboxylic acids is 2. The van der Waals surface area contributed by atoms with E-state index in [1.54, 1.807) is 41.9 Å². The molecule has 1 aromatic carbocycles. The summed E-state index contributed by atoms with van der Waals surface area (Å²) in [4.78, 5) is 27.8. The minimum absolute atomic E-state index is 0.333. The van der Waals surface area contributed by atoms with Crippen molar-refractivity contribution in [1.29, 1.82) is 0 Å². The number of benzene rings is 1. The van der Waals surface area contributed by atoms with Crippen LogP contribution in [0.4, 0.5) is 0 Å². The molecule has 154 valence electrons. The first kappa shape index (κ1) is 22.1. The fraction of sp³-hybridized carbons (Fsp3) is 0.600. The standard InChI is InChI=1S/C20H30BNO6/c1-11(2)27-19(23)17(20(24)28-12(3)4)18-14-10-16(26-6)15(25-5)9-13(14)7-8-22(18)21/h9-12,17-18H,7-8,21H2,1-6H3/t18-/m0/s1. The van der Waals surface area contributed by atoms with Crippen molar-refractivity contribution in [2.24, 2.45) is 5.92 Å². The fourth-order valence-electron chi connectivity index (χ4n) is 3.50. The predicted octanol–water partition coefficient (Wildman–Crippen LogP) is 1.67. The van der Waals surface area contributed by atoms with Crippen LogP contribution in [0.5, 0.6) is 11.5 Å². The lowest BCUT2D eigenvalue weighted by Crippen LogP contribution is -2.45. The molecule has 0 aromatic heterocycles. The second-order valence-corrected chi connectivity index (χ2v) is 7.53. The van der Waals surface area contributed by atoms with Gasteiger partial charge < -0.3 is 23.8 Å². The maximum atomic E-state index is 12.9. The molecule has 28 heavy (non-hydrogen) atoms. The van der Waals surface area contributed by atoms with Gasteiger partial charge in [-0.2, -0.15) is 0 Å². The molecule has 2 rings (SSSR count). The lowest BCUT2D eigenvalue weighted by molar-refractivity contribution is -0.169. The van der Waals surface area contributed by atoms with Crippen LogP contribution in [0.3, 0.4) is 0 Å². The number of ether oxygens (including phenoxy) is 4. The highest BCUT2D eigenvalue weighted by atomic mass is 16.6. The third kappa shape index (κ3) is 4.79. The number of rotatable bonds is 7. The molecule has 0 saturated heterocycles. The van der Waals surface area contributed by atoms with E-state index in [2.05, 4.69) is 0 Å². The molecule has 1 aliphatic heterocycles. The summed E-state index contributed by atoms with van der Waals surface area (Å²) in [5.41, 5.74) is 1.86. The van der Waals surface area contributed by atoms with Gasteiger partial charge in [-0.05, 0) is 63.9 Å². The zero-order chi connectivity index (χ0) is 21.0. The van der Waals surface area contributed by atoms with E-state index in [-0.39, 0.29) is 12.2 Å². The van der Waals surface area contributed by atoms with E-state index in [4.69, 9.17) is 18.9 Å². The number of hydrogen-bond donors (Lipinski definition) is 0. The third-order valence-electron chi connectivity index (χ3n) is 4.70. The Morgan fingerprint density at radius 2 is 1.50 bits per heavy atom. The number of hydrogen-bond acceptors (Lipinski definition) is 7. The summed E-state index contributed by atoms with van der Waals surface area (Å²) in [6.07, 6.45) is 0.106. The van der Waals surface area contributed by atoms with E-state index in [0.29, 0.717) is 18.0 Å². The highest BCUT2D eigenvalue weighted by molar-refractivity contribution is 6.06. The normalized spacial score (nSPS) is 16.8. The van der Waals surface area contributed by atoms with Crippen molar-refractivity contribution >= 4 is 19.9 Å². The van der Waals surface area contributed by atoms with Crippen LogP contribution >= 0.6 is 0 Å². The Bertz CT molecular complexity index is 699. The average Bonchev–Trinajstić information content (AvgIpc) is 2.61. The first-order valence-electron chi connectivity index (χ1n) is 9.55. The molecule has 0 radical (unpaired) electrons. The Balaban J connectivity index is 2.55. The summed E-state index contributed by atoms with van der Waals surface area (Å²) < 4.78 is 21.7. The molecule has 0 spiro atoms. The fourth-order valence-corrected chi connectivity index (χ4v) is 3.50. The van der Waals surface area contributed by atoms with Crippen molar-refractivity contribution < 1.29 is 28.5 Å². The number of fused-ring (bicyclic) bond motifs is 1. The quantitative estimate of drug-likeness (QED) is 0.398. The second-order valence-electron chi connectivity index (χ2n) is 7.53. The van der Waals surface area contributed by atoms with Gasteiger partial charge >= 0.3 is 11.9 Å². The third-order valence-corrected chi connectivity index (χ3v) is 4.70. The molecule has 1 aliphatic rings. The molecule has 1 aromatic rings. The van der Waals surface area contributed by atoms with Crippen molar-refractivity contribution in [2.45, 2.75) is 52.4 Å². The summed E-state index contributed by atoms with van der Waals surface area (Å²) in [6, 6.07) is 3.24. The molecule has 0 N–H and O–H groups in total. The average molecular weight is 391 g/mol. The van der Waals surface area contributed by atoms with Gasteiger partial charge in [0.15, 0.2) is 25.4 Å². The lowest BCUT2D eigenvalue weighted by Gasteiger charge is -2.38. The van der Waals surface area contributed by atoms with Crippen LogP contribution in [-0.4, -0.2) is 57.7 Å². The highest BCUT2D eigenvalue weighted by Gasteiger charge is 2.43. The van der Waals surface area contributed by atoms with E-state index in [1.807, 2.05) is 24.9 Å². The van der Waals surface area contributed by atoms with Gasteiger partial charge in [-0.15, -0.1) is 0 Å². The van der Waals surface area contributed by atoms with Gasteiger partial charge in [0.2, 0.25) is 0 Å². The van der Waals surface area contributed by atoms with Crippen LogP contribution < -0.4 is 9.47 Å². The first-order chi connectivity index (χ1) is 13.2. The molecule has 1 atom stereocenters. The van der Waals surface area contributed by atoms with Crippen LogP contribution in [-0.2, 0) is 25.5 Å². The van der Waals surface area contributed by atoms with Gasteiger partial charge in [0.05, 0.1) is 26.4 Å². The maximum Gasteiger partial charge on any atom is 0.322 e. The molecular formula is C20H30BNO6. The van der Waals surface area contributed by atoms with Crippen LogP contribution in [0.15, 0.2) is 12.1 Å². The Kier molecular flexibility index (Phi) is 7.35. The Hall–Kier alpha value is -2.22. The second kappa shape index (κ2) is 9.32. The zero-order valence-corrected chi connectivity index (χ0v) is 17.8. The Morgan fingerprint density at radius 1 is 1.00 bits per heavy atom. The molecule has 7 nitrogen and oxygen atoms in total. The summed E-state index contributed by atoms with van der Waals surface area (Å²) in [6.45, 7) is 7.72. The van der Waals surface area contributed by atoms with Crippen molar-refractivity contribution in [3.8, 4) is 11.5 Å². The Labute approximate surface area is 167 Å². The largest absolute Gasteiger partial charge is 0.493 e. The number of esters is 2. The number of nitrogens with zero attached hydrogens (tertiary/aromatic N) is 1. The minimum Gasteiger partial charge on any atom is -0.493 e. The van der Waals surface area contributed by atoms with Gasteiger partial charge in [0, 0.05) is 6.04 Å². The molecule has 1 heterocycles. The Morgan fingerprint density at radius 3 is 1.96 bits per heavy atom. The van der Waals surface area contributed by atoms with Crippen LogP contribution in [0.2, 0.25) is 0 Å². The van der Waals surface area contributed by atoms with E-state index >= 15 is 0 Å². The van der Waals surface area contributed by atoms with Gasteiger partial charge in [-0.1, -0.05) is 0 Å². The molecule has 0 bridgehead atoms. The summed E-state index contributed by atoms with van der Waals surface area (Å²) in [5.74, 6) is -1.09. The zero-order valence-electron chi connectivity index (χ0n) is 17.8. The van der Waals surface area contributed by atoms with Crippen LogP contribution in [0.25, 0.3) is 0 Å². The van der Waals surface area contributed by atoms with Crippen molar-refractivity contribution in [2.75, 3.05) is 20.8 Å². The van der Waals surface area contributed by atoms with Gasteiger partial charge in [0.25, 0.3) is 0 Å². The van der Waals surface area contributed by atoms with Crippen LogP contribution in [0, 0.1) is 5.92 Å². The SMILES string of the molecule is BN1CCc2cc(OC)c(OC)cc2[C@H]1C(C(=O)OC(C)C)C(=O)OC(C)C. The van der Waals surface area contributed by atoms with E-state index < -0.39 is 23.9 Å². The van der Waals surface area contributed by atoms with E-state index in [1.165, 1.54) is 0 Å². The molecular weight excluding hydrogens is 361 g/mol. The predicted molar refractivity (Wildman–Crippen MR) is 107 cm³/mol. The lowest BCUT2D eigenvalue weighted by atomic mass is 9.82. The summed E-state index contributed by atoms with van der Waals surface area (Å²) >= 11 is 0. The molecule has 0 fully saturated rings. The van der Waals surface area contributed by atoms with Crippen molar-refractivity contribution in [3.05, 3.63) is 23.3 Å². The van der Waals surface area contributed by atoms with Crippen molar-refractivity contribution in [1.82, 2.24) is 4.81 Å². The van der Waals surface area contributed by atoms with Gasteiger partial charge in [-0.25, -0.2) is 0 Å². The molecule has 0 aliphatic carbocycles. The van der Waals surface area contributed by atoms with E-state index in [9.17, 15) is 9.59 Å². The summed E-state index contributed by atoms with van der Waals surface area (Å²) in [5, 5.41) is 0. The topological polar surface area (TPSA) is 74.3 Å². The highest BCUT2D eigenvalue weighted by Crippen LogP contribution is 2.41. The first-order valence-corrected chi connectivity index (χ1v) is 9.55. The smallest absolute Gasteiger partial charge is 0.322 e. The summed E-state index contributed by atoms with van der Waals surface area (Å²) in [7, 11) is 5.03. The number of methoxy groups -OCH3 is 2. The molecule has 0 amide bonds. The van der Waals surface area contributed by atoms with Crippen LogP contribution in [0.1, 0.15) is 44.9 Å². The van der Waals surface area contributed by atoms with Gasteiger partial charge in [0.1, 0.15) is 0 Å². The van der Waals surface area contributed by atoms with Crippen molar-refractivity contribution in [3.63, 3.8) is 0 Å². The molecule has 0 saturated carbocycles. The van der Waals surface area contributed by atoms with Gasteiger partial charge in [-0.3, -0.25) is 9.59 Å². The number of carbonyl (C=O) groups is 2. The molecule has 8 heteroatoms. The maximum absolute atomic E-state index is 12.9.